The van der Waals surface area contributed by atoms with Crippen molar-refractivity contribution in [3.05, 3.63) is 35.7 Å². The van der Waals surface area contributed by atoms with E-state index in [-0.39, 0.29) is 6.03 Å². The molecule has 0 bridgehead atoms. The molecule has 1 aromatic heterocycles. The Morgan fingerprint density at radius 1 is 1.20 bits per heavy atom. The van der Waals surface area contributed by atoms with Crippen molar-refractivity contribution >= 4 is 22.5 Å². The topological polar surface area (TPSA) is 48.5 Å². The number of anilines is 1. The van der Waals surface area contributed by atoms with Crippen molar-refractivity contribution in [2.45, 2.75) is 20.3 Å². The average molecular weight is 359 g/mol. The number of rotatable bonds is 4. The molecule has 0 spiro atoms. The SMILES string of the molecule is CC(C)CN1CCCN(C(=O)Nc2nc(-c3ccccc3)cs2)CC1. The lowest BCUT2D eigenvalue weighted by Crippen LogP contribution is -2.38. The quantitative estimate of drug-likeness (QED) is 0.898. The van der Waals surface area contributed by atoms with Crippen molar-refractivity contribution in [1.82, 2.24) is 14.8 Å². The number of thiazole rings is 1. The van der Waals surface area contributed by atoms with Gasteiger partial charge in [-0.05, 0) is 18.9 Å². The van der Waals surface area contributed by atoms with Gasteiger partial charge in [-0.1, -0.05) is 44.2 Å². The van der Waals surface area contributed by atoms with Crippen LogP contribution in [-0.2, 0) is 0 Å². The highest BCUT2D eigenvalue weighted by atomic mass is 32.1. The molecule has 0 saturated carbocycles. The molecule has 6 heteroatoms. The number of aromatic nitrogens is 1. The van der Waals surface area contributed by atoms with Gasteiger partial charge < -0.3 is 9.80 Å². The van der Waals surface area contributed by atoms with E-state index in [2.05, 4.69) is 29.0 Å². The van der Waals surface area contributed by atoms with Gasteiger partial charge in [0, 0.05) is 37.1 Å². The van der Waals surface area contributed by atoms with E-state index in [1.165, 1.54) is 11.3 Å². The molecular formula is C19H26N4OS. The van der Waals surface area contributed by atoms with E-state index in [1.54, 1.807) is 0 Å². The molecular weight excluding hydrogens is 332 g/mol. The van der Waals surface area contributed by atoms with Crippen LogP contribution in [0.1, 0.15) is 20.3 Å². The van der Waals surface area contributed by atoms with Gasteiger partial charge in [-0.3, -0.25) is 5.32 Å². The Morgan fingerprint density at radius 3 is 2.76 bits per heavy atom. The van der Waals surface area contributed by atoms with E-state index in [1.807, 2.05) is 40.6 Å². The summed E-state index contributed by atoms with van der Waals surface area (Å²) in [5.41, 5.74) is 1.97. The first-order valence-corrected chi connectivity index (χ1v) is 9.79. The average Bonchev–Trinajstić information content (AvgIpc) is 2.94. The minimum absolute atomic E-state index is 0.0413. The zero-order chi connectivity index (χ0) is 17.6. The summed E-state index contributed by atoms with van der Waals surface area (Å²) in [4.78, 5) is 21.5. The van der Waals surface area contributed by atoms with Gasteiger partial charge in [0.2, 0.25) is 0 Å². The zero-order valence-corrected chi connectivity index (χ0v) is 15.8. The Balaban J connectivity index is 1.56. The fraction of sp³-hybridized carbons (Fsp3) is 0.474. The van der Waals surface area contributed by atoms with Gasteiger partial charge in [-0.15, -0.1) is 11.3 Å². The van der Waals surface area contributed by atoms with Crippen LogP contribution in [0.5, 0.6) is 0 Å². The first-order chi connectivity index (χ1) is 12.1. The summed E-state index contributed by atoms with van der Waals surface area (Å²) < 4.78 is 0. The lowest BCUT2D eigenvalue weighted by atomic mass is 10.2. The molecule has 5 nitrogen and oxygen atoms in total. The first kappa shape index (κ1) is 17.9. The Hall–Kier alpha value is -1.92. The maximum Gasteiger partial charge on any atom is 0.323 e. The van der Waals surface area contributed by atoms with Gasteiger partial charge in [0.25, 0.3) is 0 Å². The molecule has 1 N–H and O–H groups in total. The molecule has 0 unspecified atom stereocenters. The van der Waals surface area contributed by atoms with E-state index in [9.17, 15) is 4.79 Å². The molecule has 0 atom stereocenters. The van der Waals surface area contributed by atoms with Crippen molar-refractivity contribution in [2.75, 3.05) is 38.0 Å². The van der Waals surface area contributed by atoms with E-state index >= 15 is 0 Å². The third kappa shape index (κ3) is 5.03. The number of urea groups is 1. The lowest BCUT2D eigenvalue weighted by molar-refractivity contribution is 0.209. The monoisotopic (exact) mass is 358 g/mol. The summed E-state index contributed by atoms with van der Waals surface area (Å²) >= 11 is 1.47. The van der Waals surface area contributed by atoms with E-state index < -0.39 is 0 Å². The number of benzene rings is 1. The Bertz CT molecular complexity index is 686. The maximum atomic E-state index is 12.6. The predicted octanol–water partition coefficient (Wildman–Crippen LogP) is 4.01. The van der Waals surface area contributed by atoms with Crippen LogP contribution >= 0.6 is 11.3 Å². The molecule has 134 valence electrons. The van der Waals surface area contributed by atoms with Crippen molar-refractivity contribution in [3.63, 3.8) is 0 Å². The predicted molar refractivity (Wildman–Crippen MR) is 104 cm³/mol. The summed E-state index contributed by atoms with van der Waals surface area (Å²) in [6, 6.07) is 9.98. The lowest BCUT2D eigenvalue weighted by Gasteiger charge is -2.23. The van der Waals surface area contributed by atoms with Crippen LogP contribution in [-0.4, -0.2) is 53.5 Å². The van der Waals surface area contributed by atoms with Crippen molar-refractivity contribution in [1.29, 1.82) is 0 Å². The van der Waals surface area contributed by atoms with Crippen LogP contribution in [0.3, 0.4) is 0 Å². The van der Waals surface area contributed by atoms with Crippen molar-refractivity contribution in [3.8, 4) is 11.3 Å². The summed E-state index contributed by atoms with van der Waals surface area (Å²) in [7, 11) is 0. The summed E-state index contributed by atoms with van der Waals surface area (Å²) in [5, 5.41) is 5.60. The summed E-state index contributed by atoms with van der Waals surface area (Å²) in [6.45, 7) is 9.16. The van der Waals surface area contributed by atoms with Crippen LogP contribution in [0, 0.1) is 5.92 Å². The standard InChI is InChI=1S/C19H26N4OS/c1-15(2)13-22-9-6-10-23(12-11-22)19(24)21-18-20-17(14-25-18)16-7-4-3-5-8-16/h3-5,7-8,14-15H,6,9-13H2,1-2H3,(H,20,21,24). The van der Waals surface area contributed by atoms with Crippen molar-refractivity contribution < 1.29 is 4.79 Å². The molecule has 0 aliphatic carbocycles. The highest BCUT2D eigenvalue weighted by Crippen LogP contribution is 2.24. The molecule has 1 fully saturated rings. The summed E-state index contributed by atoms with van der Waals surface area (Å²) in [5.74, 6) is 0.659. The normalized spacial score (nSPS) is 16.0. The van der Waals surface area contributed by atoms with E-state index in [4.69, 9.17) is 0 Å². The molecule has 2 amide bonds. The second kappa shape index (κ2) is 8.45. The van der Waals surface area contributed by atoms with Gasteiger partial charge in [-0.25, -0.2) is 9.78 Å². The number of amides is 2. The number of carbonyl (C=O) groups excluding carboxylic acids is 1. The maximum absolute atomic E-state index is 12.6. The van der Waals surface area contributed by atoms with Gasteiger partial charge in [0.05, 0.1) is 5.69 Å². The highest BCUT2D eigenvalue weighted by Gasteiger charge is 2.20. The van der Waals surface area contributed by atoms with Crippen LogP contribution in [0.2, 0.25) is 0 Å². The molecule has 1 saturated heterocycles. The Morgan fingerprint density at radius 2 is 2.00 bits per heavy atom. The van der Waals surface area contributed by atoms with Gasteiger partial charge >= 0.3 is 6.03 Å². The molecule has 3 rings (SSSR count). The van der Waals surface area contributed by atoms with E-state index in [0.717, 1.165) is 50.4 Å². The molecule has 1 aliphatic rings. The second-order valence-electron chi connectivity index (χ2n) is 6.87. The number of nitrogens with zero attached hydrogens (tertiary/aromatic N) is 3. The Kier molecular flexibility index (Phi) is 6.04. The molecule has 1 aromatic carbocycles. The molecule has 1 aliphatic heterocycles. The van der Waals surface area contributed by atoms with Crippen LogP contribution < -0.4 is 5.32 Å². The first-order valence-electron chi connectivity index (χ1n) is 8.91. The molecule has 0 radical (unpaired) electrons. The largest absolute Gasteiger partial charge is 0.323 e. The third-order valence-electron chi connectivity index (χ3n) is 4.29. The number of hydrogen-bond donors (Lipinski definition) is 1. The second-order valence-corrected chi connectivity index (χ2v) is 7.73. The minimum Gasteiger partial charge on any atom is -0.323 e. The summed E-state index contributed by atoms with van der Waals surface area (Å²) in [6.07, 6.45) is 1.02. The number of hydrogen-bond acceptors (Lipinski definition) is 4. The smallest absolute Gasteiger partial charge is 0.323 e. The molecule has 2 heterocycles. The Labute approximate surface area is 153 Å². The van der Waals surface area contributed by atoms with Crippen molar-refractivity contribution in [2.24, 2.45) is 5.92 Å². The molecule has 2 aromatic rings. The minimum atomic E-state index is -0.0413. The fourth-order valence-corrected chi connectivity index (χ4v) is 3.83. The van der Waals surface area contributed by atoms with Crippen LogP contribution in [0.15, 0.2) is 35.7 Å². The number of carbonyl (C=O) groups is 1. The van der Waals surface area contributed by atoms with Gasteiger partial charge in [-0.2, -0.15) is 0 Å². The van der Waals surface area contributed by atoms with Crippen LogP contribution in [0.4, 0.5) is 9.93 Å². The molecule has 25 heavy (non-hydrogen) atoms. The van der Waals surface area contributed by atoms with Gasteiger partial charge in [0.15, 0.2) is 5.13 Å². The number of nitrogens with one attached hydrogen (secondary N) is 1. The third-order valence-corrected chi connectivity index (χ3v) is 5.04. The van der Waals surface area contributed by atoms with E-state index in [0.29, 0.717) is 11.0 Å². The zero-order valence-electron chi connectivity index (χ0n) is 14.9. The van der Waals surface area contributed by atoms with Crippen LogP contribution in [0.25, 0.3) is 11.3 Å². The highest BCUT2D eigenvalue weighted by molar-refractivity contribution is 7.14. The fourth-order valence-electron chi connectivity index (χ4n) is 3.12. The van der Waals surface area contributed by atoms with Gasteiger partial charge in [0.1, 0.15) is 0 Å².